The monoisotopic (exact) mass is 419 g/mol. The molecule has 0 bridgehead atoms. The van der Waals surface area contributed by atoms with E-state index in [-0.39, 0.29) is 4.75 Å². The Labute approximate surface area is 180 Å². The number of guanidine groups is 1. The summed E-state index contributed by atoms with van der Waals surface area (Å²) < 4.78 is 11.4. The van der Waals surface area contributed by atoms with Crippen molar-refractivity contribution in [3.05, 3.63) is 30.3 Å². The van der Waals surface area contributed by atoms with Gasteiger partial charge in [0.05, 0.1) is 6.10 Å². The van der Waals surface area contributed by atoms with Crippen molar-refractivity contribution in [2.24, 2.45) is 4.99 Å². The second-order valence-corrected chi connectivity index (χ2v) is 9.65. The maximum absolute atomic E-state index is 6.00. The Morgan fingerprint density at radius 3 is 2.55 bits per heavy atom. The average molecular weight is 420 g/mol. The van der Waals surface area contributed by atoms with Crippen LogP contribution in [0.3, 0.4) is 0 Å². The van der Waals surface area contributed by atoms with Crippen molar-refractivity contribution in [2.45, 2.75) is 60.7 Å². The van der Waals surface area contributed by atoms with Gasteiger partial charge < -0.3 is 19.7 Å². The first-order chi connectivity index (χ1) is 14.2. The molecule has 1 saturated heterocycles. The van der Waals surface area contributed by atoms with Gasteiger partial charge in [-0.25, -0.2) is 0 Å². The Morgan fingerprint density at radius 1 is 1.17 bits per heavy atom. The Balaban J connectivity index is 1.47. The Hall–Kier alpha value is -1.24. The summed E-state index contributed by atoms with van der Waals surface area (Å²) in [5.74, 6) is 1.04. The number of ether oxygens (including phenoxy) is 2. The molecular formula is C23H37N3O2S. The molecule has 0 radical (unpaired) electrons. The van der Waals surface area contributed by atoms with E-state index < -0.39 is 0 Å². The molecule has 2 fully saturated rings. The third-order valence-electron chi connectivity index (χ3n) is 5.96. The van der Waals surface area contributed by atoms with Crippen LogP contribution in [0.5, 0.6) is 0 Å². The fraction of sp³-hybridized carbons (Fsp3) is 0.696. The fourth-order valence-electron chi connectivity index (χ4n) is 4.33. The van der Waals surface area contributed by atoms with E-state index in [9.17, 15) is 0 Å². The SMILES string of the molecule is CN=C(NCC1(Sc2ccccc2)CCCC1)N1CCC(OCCCOC)CC1. The third-order valence-corrected chi connectivity index (χ3v) is 7.45. The molecular weight excluding hydrogens is 382 g/mol. The summed E-state index contributed by atoms with van der Waals surface area (Å²) in [6.07, 6.45) is 8.67. The summed E-state index contributed by atoms with van der Waals surface area (Å²) in [5, 5.41) is 3.71. The number of hydrogen-bond acceptors (Lipinski definition) is 4. The number of piperidine rings is 1. The third kappa shape index (κ3) is 6.90. The summed E-state index contributed by atoms with van der Waals surface area (Å²) in [5.41, 5.74) is 0. The lowest BCUT2D eigenvalue weighted by Gasteiger charge is -2.36. The molecule has 162 valence electrons. The average Bonchev–Trinajstić information content (AvgIpc) is 3.22. The minimum Gasteiger partial charge on any atom is -0.385 e. The first-order valence-corrected chi connectivity index (χ1v) is 11.9. The first-order valence-electron chi connectivity index (χ1n) is 11.0. The minimum atomic E-state index is 0.278. The van der Waals surface area contributed by atoms with E-state index in [2.05, 4.69) is 45.5 Å². The van der Waals surface area contributed by atoms with E-state index in [1.54, 1.807) is 7.11 Å². The number of methoxy groups -OCH3 is 1. The summed E-state index contributed by atoms with van der Waals surface area (Å²) >= 11 is 2.04. The van der Waals surface area contributed by atoms with Crippen LogP contribution in [0.1, 0.15) is 44.9 Å². The minimum absolute atomic E-state index is 0.278. The van der Waals surface area contributed by atoms with Crippen molar-refractivity contribution in [1.29, 1.82) is 0 Å². The van der Waals surface area contributed by atoms with Crippen LogP contribution in [0.15, 0.2) is 40.2 Å². The molecule has 2 aliphatic rings. The van der Waals surface area contributed by atoms with Gasteiger partial charge in [0.2, 0.25) is 0 Å². The molecule has 0 spiro atoms. The van der Waals surface area contributed by atoms with Crippen molar-refractivity contribution < 1.29 is 9.47 Å². The normalized spacial score (nSPS) is 20.2. The molecule has 1 aliphatic carbocycles. The predicted octanol–water partition coefficient (Wildman–Crippen LogP) is 4.18. The highest BCUT2D eigenvalue weighted by Crippen LogP contribution is 2.44. The van der Waals surface area contributed by atoms with Crippen molar-refractivity contribution >= 4 is 17.7 Å². The second kappa shape index (κ2) is 11.8. The summed E-state index contributed by atoms with van der Waals surface area (Å²) in [6.45, 7) is 4.57. The van der Waals surface area contributed by atoms with Gasteiger partial charge in [0.15, 0.2) is 5.96 Å². The Bertz CT molecular complexity index is 612. The van der Waals surface area contributed by atoms with Gasteiger partial charge in [-0.1, -0.05) is 31.0 Å². The number of nitrogens with zero attached hydrogens (tertiary/aromatic N) is 2. The van der Waals surface area contributed by atoms with Gasteiger partial charge in [-0.2, -0.15) is 0 Å². The standard InChI is InChI=1S/C23H37N3O2S/c1-24-22(26-15-11-20(12-16-26)28-18-8-17-27-2)25-19-23(13-6-7-14-23)29-21-9-4-3-5-10-21/h3-5,9-10,20H,6-8,11-19H2,1-2H3,(H,24,25). The molecule has 29 heavy (non-hydrogen) atoms. The number of thioether (sulfide) groups is 1. The van der Waals surface area contributed by atoms with E-state index in [1.165, 1.54) is 30.6 Å². The molecule has 0 amide bonds. The topological polar surface area (TPSA) is 46.1 Å². The molecule has 1 aliphatic heterocycles. The lowest BCUT2D eigenvalue weighted by molar-refractivity contribution is 0.00989. The highest BCUT2D eigenvalue weighted by Gasteiger charge is 2.35. The quantitative estimate of drug-likeness (QED) is 0.369. The van der Waals surface area contributed by atoms with Gasteiger partial charge in [0, 0.05) is 56.6 Å². The Kier molecular flexibility index (Phi) is 9.15. The van der Waals surface area contributed by atoms with Gasteiger partial charge in [-0.15, -0.1) is 11.8 Å². The van der Waals surface area contributed by atoms with E-state index >= 15 is 0 Å². The summed E-state index contributed by atoms with van der Waals surface area (Å²) in [7, 11) is 3.65. The molecule has 0 unspecified atom stereocenters. The first kappa shape index (κ1) is 22.4. The molecule has 0 atom stereocenters. The molecule has 1 heterocycles. The predicted molar refractivity (Wildman–Crippen MR) is 122 cm³/mol. The summed E-state index contributed by atoms with van der Waals surface area (Å²) in [4.78, 5) is 8.35. The molecule has 1 N–H and O–H groups in total. The van der Waals surface area contributed by atoms with Crippen molar-refractivity contribution in [3.63, 3.8) is 0 Å². The molecule has 1 saturated carbocycles. The van der Waals surface area contributed by atoms with Crippen LogP contribution in [0, 0.1) is 0 Å². The number of aliphatic imine (C=N–C) groups is 1. The van der Waals surface area contributed by atoms with Crippen LogP contribution in [0.2, 0.25) is 0 Å². The largest absolute Gasteiger partial charge is 0.385 e. The second-order valence-electron chi connectivity index (χ2n) is 8.11. The maximum atomic E-state index is 6.00. The molecule has 3 rings (SSSR count). The zero-order chi connectivity index (χ0) is 20.4. The van der Waals surface area contributed by atoms with Crippen molar-refractivity contribution in [3.8, 4) is 0 Å². The van der Waals surface area contributed by atoms with Crippen LogP contribution in [0.25, 0.3) is 0 Å². The van der Waals surface area contributed by atoms with Crippen molar-refractivity contribution in [2.75, 3.05) is 47.0 Å². The molecule has 6 heteroatoms. The number of hydrogen-bond donors (Lipinski definition) is 1. The van der Waals surface area contributed by atoms with E-state index in [1.807, 2.05) is 18.8 Å². The highest BCUT2D eigenvalue weighted by atomic mass is 32.2. The molecule has 1 aromatic carbocycles. The van der Waals surface area contributed by atoms with Crippen LogP contribution in [0.4, 0.5) is 0 Å². The zero-order valence-electron chi connectivity index (χ0n) is 18.1. The zero-order valence-corrected chi connectivity index (χ0v) is 18.9. The lowest BCUT2D eigenvalue weighted by atomic mass is 10.1. The van der Waals surface area contributed by atoms with Gasteiger partial charge in [0.25, 0.3) is 0 Å². The van der Waals surface area contributed by atoms with Gasteiger partial charge >= 0.3 is 0 Å². The van der Waals surface area contributed by atoms with Crippen LogP contribution < -0.4 is 5.32 Å². The lowest BCUT2D eigenvalue weighted by Crippen LogP contribution is -2.50. The van der Waals surface area contributed by atoms with Crippen LogP contribution in [-0.4, -0.2) is 68.7 Å². The number of likely N-dealkylation sites (tertiary alicyclic amines) is 1. The highest BCUT2D eigenvalue weighted by molar-refractivity contribution is 8.00. The fourth-order valence-corrected chi connectivity index (χ4v) is 5.76. The smallest absolute Gasteiger partial charge is 0.193 e. The molecule has 1 aromatic rings. The maximum Gasteiger partial charge on any atom is 0.193 e. The van der Waals surface area contributed by atoms with Gasteiger partial charge in [-0.05, 0) is 44.2 Å². The number of benzene rings is 1. The van der Waals surface area contributed by atoms with Gasteiger partial charge in [-0.3, -0.25) is 4.99 Å². The number of nitrogens with one attached hydrogen (secondary N) is 1. The van der Waals surface area contributed by atoms with Crippen LogP contribution in [-0.2, 0) is 9.47 Å². The summed E-state index contributed by atoms with van der Waals surface area (Å²) in [6, 6.07) is 10.8. The van der Waals surface area contributed by atoms with Crippen molar-refractivity contribution in [1.82, 2.24) is 10.2 Å². The number of rotatable bonds is 9. The Morgan fingerprint density at radius 2 is 1.90 bits per heavy atom. The van der Waals surface area contributed by atoms with E-state index in [0.29, 0.717) is 6.10 Å². The van der Waals surface area contributed by atoms with Gasteiger partial charge in [0.1, 0.15) is 0 Å². The van der Waals surface area contributed by atoms with E-state index in [4.69, 9.17) is 9.47 Å². The molecule has 5 nitrogen and oxygen atoms in total. The van der Waals surface area contributed by atoms with E-state index in [0.717, 1.165) is 58.1 Å². The van der Waals surface area contributed by atoms with Crippen LogP contribution >= 0.6 is 11.8 Å². The molecule has 0 aromatic heterocycles.